The van der Waals surface area contributed by atoms with E-state index >= 15 is 0 Å². The first-order chi connectivity index (χ1) is 10.3. The van der Waals surface area contributed by atoms with Crippen molar-refractivity contribution in [2.45, 2.75) is 30.3 Å². The van der Waals surface area contributed by atoms with Crippen molar-refractivity contribution in [1.82, 2.24) is 0 Å². The number of halogens is 3. The quantitative estimate of drug-likeness (QED) is 0.584. The molecule has 3 nitrogen and oxygen atoms in total. The zero-order valence-electron chi connectivity index (χ0n) is 12.2. The van der Waals surface area contributed by atoms with Crippen molar-refractivity contribution in [3.63, 3.8) is 0 Å². The van der Waals surface area contributed by atoms with Gasteiger partial charge in [0.05, 0.1) is 13.2 Å². The summed E-state index contributed by atoms with van der Waals surface area (Å²) in [5.41, 5.74) is -1.21. The number of alkyl halides is 3. The van der Waals surface area contributed by atoms with Gasteiger partial charge in [-0.3, -0.25) is 4.79 Å². The van der Waals surface area contributed by atoms with Gasteiger partial charge in [0.15, 0.2) is 5.41 Å². The molecular formula is C15H16F3NO2S. The first kappa shape index (κ1) is 18.4. The van der Waals surface area contributed by atoms with Crippen LogP contribution in [0.2, 0.25) is 0 Å². The summed E-state index contributed by atoms with van der Waals surface area (Å²) in [5.74, 6) is -0.937. The maximum absolute atomic E-state index is 12.5. The van der Waals surface area contributed by atoms with Crippen molar-refractivity contribution in [2.24, 2.45) is 5.41 Å². The molecule has 0 spiro atoms. The van der Waals surface area contributed by atoms with Crippen LogP contribution in [0.25, 0.3) is 0 Å². The summed E-state index contributed by atoms with van der Waals surface area (Å²) in [6, 6.07) is 8.73. The second kappa shape index (κ2) is 7.54. The molecule has 1 atom stereocenters. The zero-order valence-corrected chi connectivity index (χ0v) is 13.1. The van der Waals surface area contributed by atoms with Crippen molar-refractivity contribution in [1.29, 1.82) is 5.26 Å². The van der Waals surface area contributed by atoms with E-state index in [-0.39, 0.29) is 6.42 Å². The summed E-state index contributed by atoms with van der Waals surface area (Å²) in [4.78, 5) is 12.9. The minimum Gasteiger partial charge on any atom is -0.468 e. The third-order valence-corrected chi connectivity index (χ3v) is 4.03. The number of methoxy groups -OCH3 is 1. The minimum atomic E-state index is -4.43. The van der Waals surface area contributed by atoms with Crippen LogP contribution in [-0.4, -0.2) is 25.5 Å². The van der Waals surface area contributed by atoms with Crippen LogP contribution in [0.3, 0.4) is 0 Å². The fourth-order valence-corrected chi connectivity index (χ4v) is 2.45. The molecule has 0 heterocycles. The normalized spacial score (nSPS) is 14.0. The van der Waals surface area contributed by atoms with Crippen molar-refractivity contribution in [3.8, 4) is 6.07 Å². The largest absolute Gasteiger partial charge is 0.468 e. The highest BCUT2D eigenvalue weighted by molar-refractivity contribution is 7.98. The van der Waals surface area contributed by atoms with Crippen molar-refractivity contribution in [3.05, 3.63) is 29.8 Å². The van der Waals surface area contributed by atoms with E-state index in [0.29, 0.717) is 5.56 Å². The number of rotatable bonds is 6. The lowest BCUT2D eigenvalue weighted by molar-refractivity contribution is -0.156. The molecular weight excluding hydrogens is 315 g/mol. The molecule has 0 aromatic heterocycles. The second-order valence-electron chi connectivity index (χ2n) is 4.83. The van der Waals surface area contributed by atoms with Gasteiger partial charge in [-0.1, -0.05) is 12.1 Å². The highest BCUT2D eigenvalue weighted by atomic mass is 32.2. The Labute approximate surface area is 131 Å². The van der Waals surface area contributed by atoms with Crippen LogP contribution in [-0.2, 0) is 16.0 Å². The van der Waals surface area contributed by atoms with Gasteiger partial charge < -0.3 is 4.74 Å². The second-order valence-corrected chi connectivity index (χ2v) is 5.71. The molecule has 1 aromatic carbocycles. The number of benzene rings is 1. The van der Waals surface area contributed by atoms with Gasteiger partial charge in [0.1, 0.15) is 0 Å². The Kier molecular flexibility index (Phi) is 6.30. The lowest BCUT2D eigenvalue weighted by atomic mass is 9.79. The molecule has 0 saturated carbocycles. The van der Waals surface area contributed by atoms with Gasteiger partial charge >= 0.3 is 12.1 Å². The van der Waals surface area contributed by atoms with Gasteiger partial charge in [0, 0.05) is 17.7 Å². The van der Waals surface area contributed by atoms with Crippen molar-refractivity contribution >= 4 is 17.7 Å². The third kappa shape index (κ3) is 4.95. The maximum Gasteiger partial charge on any atom is 0.389 e. The lowest BCUT2D eigenvalue weighted by Crippen LogP contribution is -2.34. The molecule has 0 radical (unpaired) electrons. The van der Waals surface area contributed by atoms with Crippen LogP contribution in [0.5, 0.6) is 0 Å². The fourth-order valence-electron chi connectivity index (χ4n) is 2.05. The molecule has 1 aromatic rings. The molecule has 0 bridgehead atoms. The monoisotopic (exact) mass is 331 g/mol. The van der Waals surface area contributed by atoms with E-state index in [4.69, 9.17) is 0 Å². The number of carbonyl (C=O) groups is 1. The number of hydrogen-bond donors (Lipinski definition) is 0. The average Bonchev–Trinajstić information content (AvgIpc) is 2.50. The van der Waals surface area contributed by atoms with Crippen LogP contribution in [0.1, 0.15) is 18.4 Å². The smallest absolute Gasteiger partial charge is 0.389 e. The van der Waals surface area contributed by atoms with Gasteiger partial charge in [-0.15, -0.1) is 11.8 Å². The van der Waals surface area contributed by atoms with Crippen LogP contribution >= 0.6 is 11.8 Å². The molecule has 0 amide bonds. The van der Waals surface area contributed by atoms with Gasteiger partial charge in [-0.25, -0.2) is 0 Å². The number of thioether (sulfide) groups is 1. The Morgan fingerprint density at radius 3 is 2.27 bits per heavy atom. The summed E-state index contributed by atoms with van der Waals surface area (Å²) in [6.07, 6.45) is -4.48. The SMILES string of the molecule is COC(=O)C(C#N)(CCC(F)(F)F)Cc1ccc(SC)cc1. The molecule has 1 unspecified atom stereocenters. The summed E-state index contributed by atoms with van der Waals surface area (Å²) in [7, 11) is 1.07. The molecule has 0 aliphatic carbocycles. The van der Waals surface area contributed by atoms with E-state index in [1.807, 2.05) is 6.26 Å². The topological polar surface area (TPSA) is 50.1 Å². The van der Waals surface area contributed by atoms with E-state index in [2.05, 4.69) is 4.74 Å². The van der Waals surface area contributed by atoms with Gasteiger partial charge in [0.2, 0.25) is 0 Å². The minimum absolute atomic E-state index is 0.110. The van der Waals surface area contributed by atoms with Crippen LogP contribution in [0.4, 0.5) is 13.2 Å². The molecule has 0 aliphatic rings. The van der Waals surface area contributed by atoms with E-state index in [1.165, 1.54) is 11.8 Å². The fraction of sp³-hybridized carbons (Fsp3) is 0.467. The van der Waals surface area contributed by atoms with Gasteiger partial charge in [-0.2, -0.15) is 18.4 Å². The summed E-state index contributed by atoms with van der Waals surface area (Å²) >= 11 is 1.52. The maximum atomic E-state index is 12.5. The molecule has 0 fully saturated rings. The zero-order chi connectivity index (χ0) is 16.8. The van der Waals surface area contributed by atoms with E-state index in [1.54, 1.807) is 30.3 Å². The Bertz CT molecular complexity index is 551. The molecule has 120 valence electrons. The summed E-state index contributed by atoms with van der Waals surface area (Å²) in [6.45, 7) is 0. The van der Waals surface area contributed by atoms with Gasteiger partial charge in [-0.05, 0) is 30.4 Å². The highest BCUT2D eigenvalue weighted by Crippen LogP contribution is 2.35. The predicted molar refractivity (Wildman–Crippen MR) is 77.3 cm³/mol. The molecule has 22 heavy (non-hydrogen) atoms. The number of ether oxygens (including phenoxy) is 1. The average molecular weight is 331 g/mol. The predicted octanol–water partition coefficient (Wildman–Crippen LogP) is 3.98. The van der Waals surface area contributed by atoms with E-state index < -0.39 is 30.4 Å². The number of nitrogens with zero attached hydrogens (tertiary/aromatic N) is 1. The Hall–Kier alpha value is -1.68. The molecule has 7 heteroatoms. The summed E-state index contributed by atoms with van der Waals surface area (Å²) < 4.78 is 41.9. The van der Waals surface area contributed by atoms with Crippen molar-refractivity contribution in [2.75, 3.05) is 13.4 Å². The standard InChI is InChI=1S/C15H16F3NO2S/c1-21-13(20)14(10-19,7-8-15(16,17)18)9-11-3-5-12(22-2)6-4-11/h3-6H,7-9H2,1-2H3. The van der Waals surface area contributed by atoms with E-state index in [9.17, 15) is 23.2 Å². The van der Waals surface area contributed by atoms with E-state index in [0.717, 1.165) is 12.0 Å². The Morgan fingerprint density at radius 1 is 1.27 bits per heavy atom. The number of carbonyl (C=O) groups excluding carboxylic acids is 1. The third-order valence-electron chi connectivity index (χ3n) is 3.29. The Morgan fingerprint density at radius 2 is 1.86 bits per heavy atom. The molecule has 0 aliphatic heterocycles. The van der Waals surface area contributed by atoms with Crippen LogP contribution in [0.15, 0.2) is 29.2 Å². The Balaban J connectivity index is 3.03. The first-order valence-electron chi connectivity index (χ1n) is 6.46. The van der Waals surface area contributed by atoms with Crippen LogP contribution in [0, 0.1) is 16.7 Å². The molecule has 0 N–H and O–H groups in total. The van der Waals surface area contributed by atoms with Crippen molar-refractivity contribution < 1.29 is 22.7 Å². The summed E-state index contributed by atoms with van der Waals surface area (Å²) in [5, 5.41) is 9.31. The first-order valence-corrected chi connectivity index (χ1v) is 7.68. The van der Waals surface area contributed by atoms with Crippen LogP contribution < -0.4 is 0 Å². The molecule has 1 rings (SSSR count). The number of esters is 1. The number of hydrogen-bond acceptors (Lipinski definition) is 4. The highest BCUT2D eigenvalue weighted by Gasteiger charge is 2.43. The molecule has 0 saturated heterocycles. The van der Waals surface area contributed by atoms with Gasteiger partial charge in [0.25, 0.3) is 0 Å². The lowest BCUT2D eigenvalue weighted by Gasteiger charge is -2.24. The number of nitriles is 1.